The van der Waals surface area contributed by atoms with Crippen LogP contribution in [0.1, 0.15) is 11.6 Å². The third kappa shape index (κ3) is 3.95. The molecule has 1 atom stereocenters. The minimum atomic E-state index is -0.779. The number of halogens is 1. The van der Waals surface area contributed by atoms with E-state index in [9.17, 15) is 14.4 Å². The van der Waals surface area contributed by atoms with Crippen molar-refractivity contribution in [2.24, 2.45) is 0 Å². The van der Waals surface area contributed by atoms with Crippen LogP contribution in [0.3, 0.4) is 0 Å². The largest absolute Gasteiger partial charge is 0.495 e. The van der Waals surface area contributed by atoms with Gasteiger partial charge in [0.25, 0.3) is 0 Å². The highest BCUT2D eigenvalue weighted by molar-refractivity contribution is 6.32. The van der Waals surface area contributed by atoms with E-state index in [0.29, 0.717) is 16.3 Å². The van der Waals surface area contributed by atoms with Crippen LogP contribution >= 0.6 is 11.6 Å². The van der Waals surface area contributed by atoms with E-state index >= 15 is 0 Å². The molecule has 3 amide bonds. The summed E-state index contributed by atoms with van der Waals surface area (Å²) < 4.78 is 9.87. The van der Waals surface area contributed by atoms with Crippen molar-refractivity contribution in [2.75, 3.05) is 33.9 Å². The van der Waals surface area contributed by atoms with E-state index in [0.717, 1.165) is 4.90 Å². The van der Waals surface area contributed by atoms with Crippen molar-refractivity contribution >= 4 is 29.5 Å². The number of hydrogen-bond acceptors (Lipinski definition) is 6. The second-order valence-corrected chi connectivity index (χ2v) is 5.42. The zero-order valence-electron chi connectivity index (χ0n) is 13.3. The molecule has 1 fully saturated rings. The third-order valence-electron chi connectivity index (χ3n) is 3.57. The standard InChI is InChI=1S/C15H18ClN3O5/c1-23-11-4-3-9(7-10(11)16)13(14(21)24-2)17-5-6-19-12(20)8-18-15(19)22/h3-4,7,13,17H,5-6,8H2,1-2H3,(H,18,22). The smallest absolute Gasteiger partial charge is 0.327 e. The van der Waals surface area contributed by atoms with Gasteiger partial charge >= 0.3 is 12.0 Å². The fraction of sp³-hybridized carbons (Fsp3) is 0.400. The van der Waals surface area contributed by atoms with Gasteiger partial charge in [0.2, 0.25) is 5.91 Å². The lowest BCUT2D eigenvalue weighted by atomic mass is 10.1. The number of nitrogens with one attached hydrogen (secondary N) is 2. The van der Waals surface area contributed by atoms with Crippen LogP contribution in [0.5, 0.6) is 5.75 Å². The van der Waals surface area contributed by atoms with E-state index in [1.165, 1.54) is 14.2 Å². The molecule has 2 rings (SSSR count). The molecule has 0 saturated carbocycles. The molecule has 1 aromatic rings. The summed E-state index contributed by atoms with van der Waals surface area (Å²) in [5, 5.41) is 5.76. The lowest BCUT2D eigenvalue weighted by Gasteiger charge is -2.19. The van der Waals surface area contributed by atoms with E-state index < -0.39 is 18.0 Å². The maximum atomic E-state index is 12.0. The number of nitrogens with zero attached hydrogens (tertiary/aromatic N) is 1. The van der Waals surface area contributed by atoms with Crippen molar-refractivity contribution in [1.29, 1.82) is 0 Å². The third-order valence-corrected chi connectivity index (χ3v) is 3.86. The molecule has 0 spiro atoms. The van der Waals surface area contributed by atoms with Crippen LogP contribution in [0.25, 0.3) is 0 Å². The highest BCUT2D eigenvalue weighted by Gasteiger charge is 2.29. The Balaban J connectivity index is 2.06. The van der Waals surface area contributed by atoms with Crippen LogP contribution in [0.4, 0.5) is 4.79 Å². The van der Waals surface area contributed by atoms with E-state index in [1.807, 2.05) is 0 Å². The van der Waals surface area contributed by atoms with Gasteiger partial charge in [0, 0.05) is 13.1 Å². The fourth-order valence-electron chi connectivity index (χ4n) is 2.32. The zero-order valence-corrected chi connectivity index (χ0v) is 14.1. The predicted octanol–water partition coefficient (Wildman–Crippen LogP) is 0.704. The zero-order chi connectivity index (χ0) is 17.7. The summed E-state index contributed by atoms with van der Waals surface area (Å²) >= 11 is 6.09. The molecule has 0 radical (unpaired) electrons. The van der Waals surface area contributed by atoms with Crippen LogP contribution in [0, 0.1) is 0 Å². The van der Waals surface area contributed by atoms with Crippen LogP contribution in [0.15, 0.2) is 18.2 Å². The van der Waals surface area contributed by atoms with Gasteiger partial charge in [0.05, 0.1) is 25.8 Å². The Morgan fingerprint density at radius 3 is 2.71 bits per heavy atom. The minimum absolute atomic E-state index is 0.00660. The minimum Gasteiger partial charge on any atom is -0.495 e. The van der Waals surface area contributed by atoms with Gasteiger partial charge in [-0.2, -0.15) is 0 Å². The first kappa shape index (κ1) is 18.0. The summed E-state index contributed by atoms with van der Waals surface area (Å²) in [5.41, 5.74) is 0.588. The molecule has 0 bridgehead atoms. The molecule has 1 unspecified atom stereocenters. The number of carbonyl (C=O) groups is 3. The first-order chi connectivity index (χ1) is 11.5. The Bertz CT molecular complexity index is 636. The average Bonchev–Trinajstić information content (AvgIpc) is 2.89. The second kappa shape index (κ2) is 7.98. The molecule has 130 valence electrons. The van der Waals surface area contributed by atoms with Gasteiger partial charge in [-0.15, -0.1) is 0 Å². The number of imide groups is 1. The molecule has 1 saturated heterocycles. The van der Waals surface area contributed by atoms with E-state index in [4.69, 9.17) is 21.1 Å². The Labute approximate surface area is 144 Å². The molecule has 1 aliphatic rings. The summed E-state index contributed by atoms with van der Waals surface area (Å²) in [6, 6.07) is 3.71. The van der Waals surface area contributed by atoms with Gasteiger partial charge in [-0.05, 0) is 17.7 Å². The summed E-state index contributed by atoms with van der Waals surface area (Å²) in [6.07, 6.45) is 0. The number of rotatable bonds is 7. The number of amides is 3. The normalized spacial score (nSPS) is 15.2. The van der Waals surface area contributed by atoms with Gasteiger partial charge in [0.1, 0.15) is 11.8 Å². The van der Waals surface area contributed by atoms with Gasteiger partial charge in [0.15, 0.2) is 0 Å². The van der Waals surface area contributed by atoms with Crippen molar-refractivity contribution in [2.45, 2.75) is 6.04 Å². The maximum Gasteiger partial charge on any atom is 0.327 e. The van der Waals surface area contributed by atoms with Crippen molar-refractivity contribution in [3.63, 3.8) is 0 Å². The van der Waals surface area contributed by atoms with Gasteiger partial charge in [-0.3, -0.25) is 15.0 Å². The van der Waals surface area contributed by atoms with Crippen LogP contribution < -0.4 is 15.4 Å². The topological polar surface area (TPSA) is 97.0 Å². The molecule has 1 aromatic carbocycles. The van der Waals surface area contributed by atoms with Crippen molar-refractivity contribution in [3.05, 3.63) is 28.8 Å². The Kier molecular flexibility index (Phi) is 5.99. The monoisotopic (exact) mass is 355 g/mol. The highest BCUT2D eigenvalue weighted by atomic mass is 35.5. The molecule has 9 heteroatoms. The highest BCUT2D eigenvalue weighted by Crippen LogP contribution is 2.28. The summed E-state index contributed by atoms with van der Waals surface area (Å²) in [4.78, 5) is 36.1. The fourth-order valence-corrected chi connectivity index (χ4v) is 2.59. The number of urea groups is 1. The molecule has 24 heavy (non-hydrogen) atoms. The Morgan fingerprint density at radius 1 is 1.42 bits per heavy atom. The average molecular weight is 356 g/mol. The van der Waals surface area contributed by atoms with Gasteiger partial charge < -0.3 is 14.8 Å². The number of ether oxygens (including phenoxy) is 2. The Morgan fingerprint density at radius 2 is 2.17 bits per heavy atom. The number of methoxy groups -OCH3 is 2. The summed E-state index contributed by atoms with van der Waals surface area (Å²) in [6.45, 7) is 0.359. The first-order valence-corrected chi connectivity index (χ1v) is 7.58. The molecule has 0 aliphatic carbocycles. The lowest BCUT2D eigenvalue weighted by Crippen LogP contribution is -2.39. The quantitative estimate of drug-likeness (QED) is 0.552. The first-order valence-electron chi connectivity index (χ1n) is 7.20. The molecule has 0 aromatic heterocycles. The number of benzene rings is 1. The Hall–Kier alpha value is -2.32. The van der Waals surface area contributed by atoms with Crippen molar-refractivity contribution in [1.82, 2.24) is 15.5 Å². The summed E-state index contributed by atoms with van der Waals surface area (Å²) in [5.74, 6) is -0.319. The van der Waals surface area contributed by atoms with E-state index in [1.54, 1.807) is 18.2 Å². The van der Waals surface area contributed by atoms with Crippen LogP contribution in [-0.4, -0.2) is 56.7 Å². The molecular weight excluding hydrogens is 338 g/mol. The molecule has 2 N–H and O–H groups in total. The molecule has 8 nitrogen and oxygen atoms in total. The van der Waals surface area contributed by atoms with Crippen LogP contribution in [0.2, 0.25) is 5.02 Å². The van der Waals surface area contributed by atoms with E-state index in [2.05, 4.69) is 10.6 Å². The molecule has 1 aliphatic heterocycles. The molecule has 1 heterocycles. The maximum absolute atomic E-state index is 12.0. The predicted molar refractivity (Wildman–Crippen MR) is 85.9 cm³/mol. The van der Waals surface area contributed by atoms with Crippen molar-refractivity contribution < 1.29 is 23.9 Å². The SMILES string of the molecule is COC(=O)C(NCCN1C(=O)CNC1=O)c1ccc(OC)c(Cl)c1. The number of esters is 1. The van der Waals surface area contributed by atoms with Gasteiger partial charge in [-0.25, -0.2) is 9.59 Å². The lowest BCUT2D eigenvalue weighted by molar-refractivity contribution is -0.143. The van der Waals surface area contributed by atoms with Gasteiger partial charge in [-0.1, -0.05) is 17.7 Å². The van der Waals surface area contributed by atoms with Crippen molar-refractivity contribution in [3.8, 4) is 5.75 Å². The molecular formula is C15H18ClN3O5. The number of hydrogen-bond donors (Lipinski definition) is 2. The second-order valence-electron chi connectivity index (χ2n) is 5.01. The van der Waals surface area contributed by atoms with E-state index in [-0.39, 0.29) is 25.5 Å². The van der Waals surface area contributed by atoms with Crippen LogP contribution in [-0.2, 0) is 14.3 Å². The number of carbonyl (C=O) groups excluding carboxylic acids is 3. The summed E-state index contributed by atoms with van der Waals surface area (Å²) in [7, 11) is 2.77.